The summed E-state index contributed by atoms with van der Waals surface area (Å²) in [4.78, 5) is 0. The standard InChI is InChI=1S/C23H25BrO7/c24-16-7-6-14(23-22(28)21(27)20(26)17(11-25)31-23)10-15(16)19(13-4-2-1-3-5-13)18-12-29-8-9-30-18/h1-2,4,6-10,12,17,19-23,25-28H,3,5,11H2/t17-,19?,20-,21+,22-,23?/m1/s1. The summed E-state index contributed by atoms with van der Waals surface area (Å²) in [5, 5.41) is 40.4. The SMILES string of the molecule is OC[C@H]1OC(c2ccc(Br)c(C(C3=CC=CCC3)C3=COC=CO3)c2)[C@H](O)[C@@H](O)[C@@H]1O. The molecule has 1 fully saturated rings. The molecule has 6 atom stereocenters. The fraction of sp³-hybridized carbons (Fsp3) is 0.391. The van der Waals surface area contributed by atoms with E-state index in [0.29, 0.717) is 11.3 Å². The van der Waals surface area contributed by atoms with Gasteiger partial charge in [-0.2, -0.15) is 0 Å². The summed E-state index contributed by atoms with van der Waals surface area (Å²) in [6.45, 7) is -0.475. The minimum absolute atomic E-state index is 0.242. The maximum atomic E-state index is 10.6. The van der Waals surface area contributed by atoms with Crippen molar-refractivity contribution in [1.82, 2.24) is 0 Å². The number of benzene rings is 1. The molecule has 4 N–H and O–H groups in total. The monoisotopic (exact) mass is 492 g/mol. The van der Waals surface area contributed by atoms with E-state index >= 15 is 0 Å². The Morgan fingerprint density at radius 3 is 2.61 bits per heavy atom. The number of aliphatic hydroxyl groups excluding tert-OH is 4. The molecule has 1 aliphatic carbocycles. The van der Waals surface area contributed by atoms with Gasteiger partial charge in [0.25, 0.3) is 0 Å². The largest absolute Gasteiger partial charge is 0.466 e. The summed E-state index contributed by atoms with van der Waals surface area (Å²) in [7, 11) is 0. The lowest BCUT2D eigenvalue weighted by Gasteiger charge is -2.40. The smallest absolute Gasteiger partial charge is 0.150 e. The van der Waals surface area contributed by atoms with E-state index in [9.17, 15) is 20.4 Å². The molecular formula is C23H25BrO7. The molecule has 31 heavy (non-hydrogen) atoms. The maximum Gasteiger partial charge on any atom is 0.150 e. The second-order valence-corrected chi connectivity index (χ2v) is 8.57. The van der Waals surface area contributed by atoms with Gasteiger partial charge in [-0.05, 0) is 30.0 Å². The number of aliphatic hydroxyl groups is 4. The van der Waals surface area contributed by atoms with Crippen molar-refractivity contribution in [2.75, 3.05) is 6.61 Å². The number of ether oxygens (including phenoxy) is 3. The molecular weight excluding hydrogens is 468 g/mol. The fourth-order valence-corrected chi connectivity index (χ4v) is 4.62. The summed E-state index contributed by atoms with van der Waals surface area (Å²) in [6, 6.07) is 5.50. The van der Waals surface area contributed by atoms with Crippen molar-refractivity contribution >= 4 is 15.9 Å². The van der Waals surface area contributed by atoms with Crippen LogP contribution in [0.15, 0.2) is 71.0 Å². The minimum Gasteiger partial charge on any atom is -0.466 e. The molecule has 0 amide bonds. The molecule has 2 aliphatic heterocycles. The molecule has 1 saturated heterocycles. The van der Waals surface area contributed by atoms with Gasteiger partial charge in [-0.1, -0.05) is 51.9 Å². The van der Waals surface area contributed by atoms with Crippen LogP contribution in [0.5, 0.6) is 0 Å². The van der Waals surface area contributed by atoms with Crippen LogP contribution >= 0.6 is 15.9 Å². The van der Waals surface area contributed by atoms with Crippen LogP contribution in [-0.2, 0) is 14.2 Å². The molecule has 2 unspecified atom stereocenters. The molecule has 8 heteroatoms. The van der Waals surface area contributed by atoms with Crippen LogP contribution in [0.4, 0.5) is 0 Å². The molecule has 3 aliphatic rings. The molecule has 1 aromatic rings. The van der Waals surface area contributed by atoms with Gasteiger partial charge in [0.15, 0.2) is 0 Å². The summed E-state index contributed by atoms with van der Waals surface area (Å²) < 4.78 is 17.7. The highest BCUT2D eigenvalue weighted by atomic mass is 79.9. The zero-order valence-electron chi connectivity index (χ0n) is 16.7. The van der Waals surface area contributed by atoms with Crippen LogP contribution in [0.2, 0.25) is 0 Å². The molecule has 2 heterocycles. The average molecular weight is 493 g/mol. The van der Waals surface area contributed by atoms with Crippen LogP contribution in [0.1, 0.15) is 36.0 Å². The Morgan fingerprint density at radius 1 is 1.10 bits per heavy atom. The number of rotatable bonds is 5. The molecule has 166 valence electrons. The van der Waals surface area contributed by atoms with E-state index in [-0.39, 0.29) is 5.92 Å². The van der Waals surface area contributed by atoms with Crippen molar-refractivity contribution in [3.63, 3.8) is 0 Å². The van der Waals surface area contributed by atoms with Crippen molar-refractivity contribution < 1.29 is 34.6 Å². The molecule has 0 aromatic heterocycles. The van der Waals surface area contributed by atoms with E-state index in [1.165, 1.54) is 12.5 Å². The lowest BCUT2D eigenvalue weighted by Crippen LogP contribution is -2.55. The Labute approximate surface area is 188 Å². The van der Waals surface area contributed by atoms with E-state index in [2.05, 4.69) is 28.1 Å². The Morgan fingerprint density at radius 2 is 1.94 bits per heavy atom. The van der Waals surface area contributed by atoms with Crippen LogP contribution in [0.3, 0.4) is 0 Å². The van der Waals surface area contributed by atoms with E-state index < -0.39 is 37.1 Å². The second-order valence-electron chi connectivity index (χ2n) is 7.72. The van der Waals surface area contributed by atoms with Gasteiger partial charge in [-0.15, -0.1) is 0 Å². The molecule has 0 saturated carbocycles. The Bertz CT molecular complexity index is 921. The Hall–Kier alpha value is -1.94. The maximum absolute atomic E-state index is 10.6. The minimum atomic E-state index is -1.44. The predicted octanol–water partition coefficient (Wildman–Crippen LogP) is 2.68. The first-order chi connectivity index (χ1) is 15.0. The number of hydrogen-bond donors (Lipinski definition) is 4. The third kappa shape index (κ3) is 4.50. The zero-order chi connectivity index (χ0) is 22.0. The quantitative estimate of drug-likeness (QED) is 0.500. The third-order valence-electron chi connectivity index (χ3n) is 5.78. The van der Waals surface area contributed by atoms with Crippen molar-refractivity contribution in [1.29, 1.82) is 0 Å². The molecule has 0 spiro atoms. The van der Waals surface area contributed by atoms with Gasteiger partial charge in [0.2, 0.25) is 0 Å². The Kier molecular flexibility index (Phi) is 6.95. The average Bonchev–Trinajstić information content (AvgIpc) is 2.81. The van der Waals surface area contributed by atoms with Crippen LogP contribution in [0.25, 0.3) is 0 Å². The number of hydrogen-bond acceptors (Lipinski definition) is 7. The lowest BCUT2D eigenvalue weighted by atomic mass is 9.83. The van der Waals surface area contributed by atoms with Gasteiger partial charge in [0, 0.05) is 4.47 Å². The number of allylic oxidation sites excluding steroid dienone is 4. The van der Waals surface area contributed by atoms with E-state index in [4.69, 9.17) is 14.2 Å². The molecule has 0 bridgehead atoms. The fourth-order valence-electron chi connectivity index (χ4n) is 4.14. The molecule has 7 nitrogen and oxygen atoms in total. The molecule has 1 aromatic carbocycles. The van der Waals surface area contributed by atoms with Crippen molar-refractivity contribution in [2.24, 2.45) is 0 Å². The zero-order valence-corrected chi connectivity index (χ0v) is 18.3. The number of halogens is 1. The van der Waals surface area contributed by atoms with Crippen LogP contribution in [-0.4, -0.2) is 51.4 Å². The van der Waals surface area contributed by atoms with E-state index in [1.54, 1.807) is 12.3 Å². The summed E-state index contributed by atoms with van der Waals surface area (Å²) in [6.07, 6.45) is 6.37. The first-order valence-corrected chi connectivity index (χ1v) is 10.9. The van der Waals surface area contributed by atoms with Gasteiger partial charge in [-0.25, -0.2) is 0 Å². The van der Waals surface area contributed by atoms with Crippen LogP contribution in [0, 0.1) is 0 Å². The first kappa shape index (κ1) is 22.3. The molecule has 0 radical (unpaired) electrons. The van der Waals surface area contributed by atoms with Gasteiger partial charge < -0.3 is 34.6 Å². The highest BCUT2D eigenvalue weighted by Crippen LogP contribution is 2.42. The molecule has 4 rings (SSSR count). The lowest BCUT2D eigenvalue weighted by molar-refractivity contribution is -0.231. The first-order valence-electron chi connectivity index (χ1n) is 10.1. The highest BCUT2D eigenvalue weighted by Gasteiger charge is 2.44. The summed E-state index contributed by atoms with van der Waals surface area (Å²) in [5.74, 6) is 0.379. The van der Waals surface area contributed by atoms with Crippen LogP contribution < -0.4 is 0 Å². The Balaban J connectivity index is 1.74. The van der Waals surface area contributed by atoms with Gasteiger partial charge in [0.1, 0.15) is 55.1 Å². The van der Waals surface area contributed by atoms with E-state index in [1.807, 2.05) is 18.2 Å². The van der Waals surface area contributed by atoms with Gasteiger partial charge in [-0.3, -0.25) is 0 Å². The highest BCUT2D eigenvalue weighted by molar-refractivity contribution is 9.10. The van der Waals surface area contributed by atoms with Crippen molar-refractivity contribution in [3.05, 3.63) is 82.1 Å². The van der Waals surface area contributed by atoms with Crippen molar-refractivity contribution in [2.45, 2.75) is 49.3 Å². The topological polar surface area (TPSA) is 109 Å². The summed E-state index contributed by atoms with van der Waals surface area (Å²) in [5.41, 5.74) is 2.63. The van der Waals surface area contributed by atoms with Crippen molar-refractivity contribution in [3.8, 4) is 0 Å². The normalized spacial score (nSPS) is 31.3. The predicted molar refractivity (Wildman–Crippen MR) is 115 cm³/mol. The van der Waals surface area contributed by atoms with Gasteiger partial charge >= 0.3 is 0 Å². The second kappa shape index (κ2) is 9.68. The van der Waals surface area contributed by atoms with E-state index in [0.717, 1.165) is 28.5 Å². The summed E-state index contributed by atoms with van der Waals surface area (Å²) >= 11 is 3.63. The van der Waals surface area contributed by atoms with Gasteiger partial charge in [0.05, 0.1) is 12.5 Å². The third-order valence-corrected chi connectivity index (χ3v) is 6.50.